The molecule has 0 saturated heterocycles. The van der Waals surface area contributed by atoms with Gasteiger partial charge in [0.2, 0.25) is 0 Å². The second kappa shape index (κ2) is 3.45. The van der Waals surface area contributed by atoms with E-state index in [-0.39, 0.29) is 6.07 Å². The third-order valence-corrected chi connectivity index (χ3v) is 3.20. The van der Waals surface area contributed by atoms with E-state index in [1.807, 2.05) is 0 Å². The van der Waals surface area contributed by atoms with Crippen LogP contribution in [-0.2, 0) is 5.41 Å². The Hall–Kier alpha value is -1.10. The summed E-state index contributed by atoms with van der Waals surface area (Å²) >= 11 is 0. The molecular weight excluding hydrogens is 224 g/mol. The third kappa shape index (κ3) is 1.42. The molecule has 0 amide bonds. The van der Waals surface area contributed by atoms with Crippen molar-refractivity contribution in [2.45, 2.75) is 31.3 Å². The van der Waals surface area contributed by atoms with Crippen LogP contribution < -0.4 is 0 Å². The molecule has 2 rings (SSSR count). The summed E-state index contributed by atoms with van der Waals surface area (Å²) in [6, 6.07) is 0.173. The quantitative estimate of drug-likeness (QED) is 0.616. The van der Waals surface area contributed by atoms with Crippen LogP contribution in [-0.4, -0.2) is 11.2 Å². The van der Waals surface area contributed by atoms with Gasteiger partial charge in [-0.15, -0.1) is 0 Å². The summed E-state index contributed by atoms with van der Waals surface area (Å²) in [4.78, 5) is 0. The predicted octanol–water partition coefficient (Wildman–Crippen LogP) is 2.66. The lowest BCUT2D eigenvalue weighted by Crippen LogP contribution is -2.26. The molecule has 0 radical (unpaired) electrons. The Morgan fingerprint density at radius 3 is 1.88 bits per heavy atom. The van der Waals surface area contributed by atoms with Gasteiger partial charge < -0.3 is 5.11 Å². The van der Waals surface area contributed by atoms with Gasteiger partial charge in [-0.05, 0) is 19.8 Å². The Morgan fingerprint density at radius 2 is 1.56 bits per heavy atom. The molecule has 0 aliphatic heterocycles. The Kier molecular flexibility index (Phi) is 2.45. The van der Waals surface area contributed by atoms with Crippen molar-refractivity contribution in [1.29, 1.82) is 0 Å². The molecule has 1 saturated carbocycles. The minimum Gasteiger partial charge on any atom is -0.392 e. The molecule has 1 aliphatic rings. The second-order valence-corrected chi connectivity index (χ2v) is 4.18. The number of aliphatic hydroxyl groups is 1. The third-order valence-electron chi connectivity index (χ3n) is 3.20. The van der Waals surface area contributed by atoms with Crippen LogP contribution in [0.1, 0.15) is 25.3 Å². The summed E-state index contributed by atoms with van der Waals surface area (Å²) in [5, 5.41) is 9.45. The van der Waals surface area contributed by atoms with Gasteiger partial charge in [-0.1, -0.05) is 0 Å². The van der Waals surface area contributed by atoms with Gasteiger partial charge in [0.25, 0.3) is 0 Å². The Balaban J connectivity index is 2.65. The number of halogens is 4. The molecule has 1 fully saturated rings. The van der Waals surface area contributed by atoms with E-state index in [1.54, 1.807) is 0 Å². The van der Waals surface area contributed by atoms with Crippen molar-refractivity contribution in [3.05, 3.63) is 34.9 Å². The normalized spacial score (nSPS) is 19.6. The summed E-state index contributed by atoms with van der Waals surface area (Å²) < 4.78 is 52.8. The first-order valence-electron chi connectivity index (χ1n) is 4.91. The molecule has 0 bridgehead atoms. The number of hydrogen-bond donors (Lipinski definition) is 1. The molecule has 0 spiro atoms. The topological polar surface area (TPSA) is 20.2 Å². The van der Waals surface area contributed by atoms with Gasteiger partial charge in [0, 0.05) is 17.0 Å². The van der Waals surface area contributed by atoms with Crippen LogP contribution in [0.3, 0.4) is 0 Å². The Labute approximate surface area is 89.7 Å². The number of aliphatic hydroxyl groups excluding tert-OH is 1. The molecule has 1 N–H and O–H groups in total. The molecule has 1 atom stereocenters. The van der Waals surface area contributed by atoms with Crippen LogP contribution in [0.5, 0.6) is 0 Å². The molecular formula is C11H10F4O. The molecule has 16 heavy (non-hydrogen) atoms. The fourth-order valence-corrected chi connectivity index (χ4v) is 2.02. The van der Waals surface area contributed by atoms with E-state index in [1.165, 1.54) is 6.92 Å². The van der Waals surface area contributed by atoms with Crippen LogP contribution in [0, 0.1) is 23.3 Å². The van der Waals surface area contributed by atoms with Gasteiger partial charge in [0.05, 0.1) is 6.10 Å². The van der Waals surface area contributed by atoms with Crippen molar-refractivity contribution in [3.8, 4) is 0 Å². The van der Waals surface area contributed by atoms with E-state index in [2.05, 4.69) is 0 Å². The molecule has 1 aromatic carbocycles. The van der Waals surface area contributed by atoms with E-state index >= 15 is 0 Å². The van der Waals surface area contributed by atoms with Gasteiger partial charge in [-0.3, -0.25) is 0 Å². The minimum absolute atomic E-state index is 0.173. The first kappa shape index (κ1) is 11.4. The highest BCUT2D eigenvalue weighted by Gasteiger charge is 2.52. The number of benzene rings is 1. The van der Waals surface area contributed by atoms with E-state index in [0.717, 1.165) is 0 Å². The summed E-state index contributed by atoms with van der Waals surface area (Å²) in [5.74, 6) is -5.67. The summed E-state index contributed by atoms with van der Waals surface area (Å²) in [7, 11) is 0. The largest absolute Gasteiger partial charge is 0.392 e. The average molecular weight is 234 g/mol. The zero-order chi connectivity index (χ0) is 12.1. The molecule has 0 aromatic heterocycles. The van der Waals surface area contributed by atoms with E-state index in [4.69, 9.17) is 0 Å². The van der Waals surface area contributed by atoms with Gasteiger partial charge in [-0.25, -0.2) is 17.6 Å². The highest BCUT2D eigenvalue weighted by molar-refractivity contribution is 5.36. The van der Waals surface area contributed by atoms with Gasteiger partial charge in [0.1, 0.15) is 0 Å². The lowest BCUT2D eigenvalue weighted by atomic mass is 9.89. The van der Waals surface area contributed by atoms with Crippen molar-refractivity contribution in [2.24, 2.45) is 0 Å². The summed E-state index contributed by atoms with van der Waals surface area (Å²) in [6.07, 6.45) is -0.402. The van der Waals surface area contributed by atoms with Gasteiger partial charge in [0.15, 0.2) is 23.3 Å². The molecule has 0 heterocycles. The zero-order valence-corrected chi connectivity index (χ0v) is 8.53. The van der Waals surface area contributed by atoms with Crippen molar-refractivity contribution >= 4 is 0 Å². The zero-order valence-electron chi connectivity index (χ0n) is 8.53. The van der Waals surface area contributed by atoms with Crippen LogP contribution in [0.4, 0.5) is 17.6 Å². The highest BCUT2D eigenvalue weighted by Crippen LogP contribution is 2.53. The Morgan fingerprint density at radius 1 is 1.12 bits per heavy atom. The van der Waals surface area contributed by atoms with E-state index in [0.29, 0.717) is 12.8 Å². The number of hydrogen-bond acceptors (Lipinski definition) is 1. The minimum atomic E-state index is -1.43. The predicted molar refractivity (Wildman–Crippen MR) is 48.9 cm³/mol. The number of rotatable bonds is 2. The van der Waals surface area contributed by atoms with Crippen LogP contribution in [0.15, 0.2) is 6.07 Å². The maximum atomic E-state index is 13.4. The van der Waals surface area contributed by atoms with E-state index in [9.17, 15) is 22.7 Å². The molecule has 88 valence electrons. The maximum absolute atomic E-state index is 13.4. The smallest absolute Gasteiger partial charge is 0.165 e. The standard InChI is InChI=1S/C11H10F4O/c1-5(16)11(2-3-11)8-9(14)6(12)4-7(13)10(8)15/h4-5,16H,2-3H2,1H3. The fourth-order valence-electron chi connectivity index (χ4n) is 2.02. The average Bonchev–Trinajstić information content (AvgIpc) is 2.97. The Bertz CT molecular complexity index is 412. The molecule has 1 aliphatic carbocycles. The highest BCUT2D eigenvalue weighted by atomic mass is 19.2. The first-order valence-corrected chi connectivity index (χ1v) is 4.91. The van der Waals surface area contributed by atoms with E-state index < -0.39 is 40.4 Å². The first-order chi connectivity index (χ1) is 7.40. The van der Waals surface area contributed by atoms with Crippen molar-refractivity contribution in [3.63, 3.8) is 0 Å². The summed E-state index contributed by atoms with van der Waals surface area (Å²) in [5.41, 5.74) is -1.84. The van der Waals surface area contributed by atoms with Crippen molar-refractivity contribution in [2.75, 3.05) is 0 Å². The van der Waals surface area contributed by atoms with Crippen molar-refractivity contribution < 1.29 is 22.7 Å². The molecule has 1 aromatic rings. The summed E-state index contributed by atoms with van der Waals surface area (Å²) in [6.45, 7) is 1.36. The molecule has 1 nitrogen and oxygen atoms in total. The van der Waals surface area contributed by atoms with Crippen molar-refractivity contribution in [1.82, 2.24) is 0 Å². The molecule has 5 heteroatoms. The molecule has 1 unspecified atom stereocenters. The monoisotopic (exact) mass is 234 g/mol. The lowest BCUT2D eigenvalue weighted by molar-refractivity contribution is 0.145. The van der Waals surface area contributed by atoms with Gasteiger partial charge in [-0.2, -0.15) is 0 Å². The fraction of sp³-hybridized carbons (Fsp3) is 0.455. The van der Waals surface area contributed by atoms with Crippen LogP contribution in [0.25, 0.3) is 0 Å². The second-order valence-electron chi connectivity index (χ2n) is 4.18. The lowest BCUT2D eigenvalue weighted by Gasteiger charge is -2.20. The van der Waals surface area contributed by atoms with Crippen LogP contribution in [0.2, 0.25) is 0 Å². The SMILES string of the molecule is CC(O)C1(c2c(F)c(F)cc(F)c2F)CC1. The maximum Gasteiger partial charge on any atom is 0.165 e. The van der Waals surface area contributed by atoms with Crippen LogP contribution >= 0.6 is 0 Å². The van der Waals surface area contributed by atoms with Gasteiger partial charge >= 0.3 is 0 Å².